The molecule has 3 heterocycles. The van der Waals surface area contributed by atoms with Crippen LogP contribution in [0.25, 0.3) is 0 Å². The molecule has 7 nitrogen and oxygen atoms in total. The zero-order valence-electron chi connectivity index (χ0n) is 12.7. The number of aromatic nitrogens is 2. The Morgan fingerprint density at radius 3 is 3.00 bits per heavy atom. The number of anilines is 1. The molecule has 24 heavy (non-hydrogen) atoms. The van der Waals surface area contributed by atoms with Crippen molar-refractivity contribution < 1.29 is 14.3 Å². The predicted molar refractivity (Wildman–Crippen MR) is 88.9 cm³/mol. The molecule has 0 radical (unpaired) electrons. The van der Waals surface area contributed by atoms with Crippen molar-refractivity contribution in [2.24, 2.45) is 0 Å². The zero-order valence-corrected chi connectivity index (χ0v) is 13.5. The third kappa shape index (κ3) is 2.84. The van der Waals surface area contributed by atoms with Crippen LogP contribution >= 0.6 is 11.8 Å². The largest absolute Gasteiger partial charge is 0.486 e. The number of ether oxygens (including phenoxy) is 2. The van der Waals surface area contributed by atoms with Crippen LogP contribution in [0.5, 0.6) is 11.5 Å². The second kappa shape index (κ2) is 6.20. The molecule has 1 N–H and O–H groups in total. The van der Waals surface area contributed by atoms with Crippen molar-refractivity contribution in [2.75, 3.05) is 24.3 Å². The zero-order chi connectivity index (χ0) is 16.5. The Kier molecular flexibility index (Phi) is 3.89. The van der Waals surface area contributed by atoms with Crippen molar-refractivity contribution in [1.82, 2.24) is 9.55 Å². The highest BCUT2D eigenvalue weighted by Crippen LogP contribution is 2.34. The van der Waals surface area contributed by atoms with Crippen LogP contribution in [0.1, 0.15) is 12.5 Å². The Balaban J connectivity index is 1.46. The summed E-state index contributed by atoms with van der Waals surface area (Å²) in [4.78, 5) is 28.5. The average Bonchev–Trinajstić information content (AvgIpc) is 2.99. The standard InChI is InChI=1S/C16H15N3O4S/c20-14(8-11-9-24-16-17-4-3-15(21)19(11)16)18-10-1-2-12-13(7-10)23-6-5-22-12/h1-4,7,11H,5-6,8-9H2,(H,18,20)/t11-/m1/s1. The van der Waals surface area contributed by atoms with Gasteiger partial charge in [-0.05, 0) is 12.1 Å². The predicted octanol–water partition coefficient (Wildman–Crippen LogP) is 1.69. The third-order valence-corrected chi connectivity index (χ3v) is 4.97. The minimum absolute atomic E-state index is 0.123. The molecule has 0 bridgehead atoms. The maximum Gasteiger partial charge on any atom is 0.254 e. The van der Waals surface area contributed by atoms with E-state index in [1.54, 1.807) is 22.8 Å². The Bertz CT molecular complexity index is 851. The number of nitrogens with one attached hydrogen (secondary N) is 1. The molecular weight excluding hydrogens is 330 g/mol. The maximum absolute atomic E-state index is 12.3. The monoisotopic (exact) mass is 345 g/mol. The Labute approximate surface area is 142 Å². The fourth-order valence-electron chi connectivity index (χ4n) is 2.79. The van der Waals surface area contributed by atoms with Crippen LogP contribution in [0.4, 0.5) is 5.69 Å². The van der Waals surface area contributed by atoms with E-state index in [0.29, 0.717) is 41.3 Å². The topological polar surface area (TPSA) is 82.5 Å². The van der Waals surface area contributed by atoms with Gasteiger partial charge in [0.15, 0.2) is 16.7 Å². The van der Waals surface area contributed by atoms with Crippen molar-refractivity contribution in [3.63, 3.8) is 0 Å². The quantitative estimate of drug-likeness (QED) is 0.853. The summed E-state index contributed by atoms with van der Waals surface area (Å²) in [5.74, 6) is 1.82. The number of thioether (sulfide) groups is 1. The minimum atomic E-state index is -0.177. The number of carbonyl (C=O) groups excluding carboxylic acids is 1. The number of amides is 1. The van der Waals surface area contributed by atoms with Gasteiger partial charge in [-0.1, -0.05) is 11.8 Å². The smallest absolute Gasteiger partial charge is 0.254 e. The molecular formula is C16H15N3O4S. The highest BCUT2D eigenvalue weighted by atomic mass is 32.2. The number of hydrogen-bond acceptors (Lipinski definition) is 6. The molecule has 2 aliphatic heterocycles. The first kappa shape index (κ1) is 15.1. The van der Waals surface area contributed by atoms with Crippen LogP contribution in [0, 0.1) is 0 Å². The van der Waals surface area contributed by atoms with Crippen LogP contribution in [0.2, 0.25) is 0 Å². The van der Waals surface area contributed by atoms with Gasteiger partial charge in [0.25, 0.3) is 5.56 Å². The lowest BCUT2D eigenvalue weighted by atomic mass is 10.2. The highest BCUT2D eigenvalue weighted by Gasteiger charge is 2.26. The second-order valence-corrected chi connectivity index (χ2v) is 6.50. The van der Waals surface area contributed by atoms with Gasteiger partial charge in [0.1, 0.15) is 13.2 Å². The number of rotatable bonds is 3. The summed E-state index contributed by atoms with van der Waals surface area (Å²) in [5, 5.41) is 3.52. The van der Waals surface area contributed by atoms with E-state index >= 15 is 0 Å². The van der Waals surface area contributed by atoms with Gasteiger partial charge in [-0.3, -0.25) is 14.2 Å². The van der Waals surface area contributed by atoms with E-state index in [9.17, 15) is 9.59 Å². The lowest BCUT2D eigenvalue weighted by Gasteiger charge is -2.19. The van der Waals surface area contributed by atoms with Gasteiger partial charge in [-0.25, -0.2) is 4.98 Å². The molecule has 0 saturated carbocycles. The minimum Gasteiger partial charge on any atom is -0.486 e. The third-order valence-electron chi connectivity index (χ3n) is 3.86. The number of fused-ring (bicyclic) bond motifs is 2. The first-order valence-corrected chi connectivity index (χ1v) is 8.59. The van der Waals surface area contributed by atoms with Crippen molar-refractivity contribution >= 4 is 23.4 Å². The second-order valence-electron chi connectivity index (χ2n) is 5.51. The summed E-state index contributed by atoms with van der Waals surface area (Å²) >= 11 is 1.49. The van der Waals surface area contributed by atoms with Crippen molar-refractivity contribution in [2.45, 2.75) is 17.6 Å². The summed E-state index contributed by atoms with van der Waals surface area (Å²) < 4.78 is 12.6. The van der Waals surface area contributed by atoms with E-state index in [1.807, 2.05) is 0 Å². The molecule has 0 spiro atoms. The number of hydrogen-bond donors (Lipinski definition) is 1. The van der Waals surface area contributed by atoms with Crippen molar-refractivity contribution in [3.05, 3.63) is 40.8 Å². The van der Waals surface area contributed by atoms with E-state index in [4.69, 9.17) is 9.47 Å². The number of carbonyl (C=O) groups is 1. The van der Waals surface area contributed by atoms with Crippen molar-refractivity contribution in [1.29, 1.82) is 0 Å². The number of benzene rings is 1. The molecule has 0 fully saturated rings. The van der Waals surface area contributed by atoms with Gasteiger partial charge in [0, 0.05) is 36.2 Å². The summed E-state index contributed by atoms with van der Waals surface area (Å²) in [5.41, 5.74) is 0.524. The highest BCUT2D eigenvalue weighted by molar-refractivity contribution is 7.99. The molecule has 2 aliphatic rings. The van der Waals surface area contributed by atoms with Gasteiger partial charge in [0.05, 0.1) is 6.04 Å². The van der Waals surface area contributed by atoms with Crippen LogP contribution in [-0.2, 0) is 4.79 Å². The first-order valence-electron chi connectivity index (χ1n) is 7.60. The van der Waals surface area contributed by atoms with Gasteiger partial charge < -0.3 is 14.8 Å². The fourth-order valence-corrected chi connectivity index (χ4v) is 3.91. The lowest BCUT2D eigenvalue weighted by Crippen LogP contribution is -2.26. The number of nitrogens with zero attached hydrogens (tertiary/aromatic N) is 2. The van der Waals surface area contributed by atoms with E-state index in [-0.39, 0.29) is 23.9 Å². The van der Waals surface area contributed by atoms with Gasteiger partial charge >= 0.3 is 0 Å². The van der Waals surface area contributed by atoms with E-state index in [2.05, 4.69) is 10.3 Å². The summed E-state index contributed by atoms with van der Waals surface area (Å²) in [7, 11) is 0. The van der Waals surface area contributed by atoms with Crippen LogP contribution in [0.3, 0.4) is 0 Å². The van der Waals surface area contributed by atoms with E-state index in [1.165, 1.54) is 24.0 Å². The Hall–Kier alpha value is -2.48. The van der Waals surface area contributed by atoms with E-state index < -0.39 is 0 Å². The molecule has 124 valence electrons. The SMILES string of the molecule is O=C(C[C@@H]1CSc2nccc(=O)n21)Nc1ccc2c(c1)OCCO2. The van der Waals surface area contributed by atoms with Gasteiger partial charge in [-0.2, -0.15) is 0 Å². The lowest BCUT2D eigenvalue weighted by molar-refractivity contribution is -0.116. The van der Waals surface area contributed by atoms with Crippen LogP contribution in [-0.4, -0.2) is 34.4 Å². The molecule has 0 saturated heterocycles. The average molecular weight is 345 g/mol. The van der Waals surface area contributed by atoms with E-state index in [0.717, 1.165) is 0 Å². The normalized spacial score (nSPS) is 18.1. The van der Waals surface area contributed by atoms with Gasteiger partial charge in [-0.15, -0.1) is 0 Å². The summed E-state index contributed by atoms with van der Waals surface area (Å²) in [6.45, 7) is 1.02. The molecule has 4 rings (SSSR count). The van der Waals surface area contributed by atoms with Crippen LogP contribution < -0.4 is 20.3 Å². The first-order chi connectivity index (χ1) is 11.7. The summed E-state index contributed by atoms with van der Waals surface area (Å²) in [6.07, 6.45) is 1.72. The summed E-state index contributed by atoms with van der Waals surface area (Å²) in [6, 6.07) is 6.54. The molecule has 1 aromatic heterocycles. The molecule has 0 aliphatic carbocycles. The fraction of sp³-hybridized carbons (Fsp3) is 0.312. The maximum atomic E-state index is 12.3. The Morgan fingerprint density at radius 2 is 2.12 bits per heavy atom. The molecule has 1 amide bonds. The molecule has 1 aromatic carbocycles. The molecule has 8 heteroatoms. The molecule has 2 aromatic rings. The van der Waals surface area contributed by atoms with Crippen LogP contribution in [0.15, 0.2) is 40.4 Å². The van der Waals surface area contributed by atoms with Gasteiger partial charge in [0.2, 0.25) is 5.91 Å². The Morgan fingerprint density at radius 1 is 1.29 bits per heavy atom. The molecule has 0 unspecified atom stereocenters. The molecule has 1 atom stereocenters. The van der Waals surface area contributed by atoms with Crippen molar-refractivity contribution in [3.8, 4) is 11.5 Å².